The molecule has 1 atom stereocenters. The molecule has 2 heterocycles. The van der Waals surface area contributed by atoms with Gasteiger partial charge in [-0.2, -0.15) is 0 Å². The van der Waals surface area contributed by atoms with Crippen LogP contribution in [0.4, 0.5) is 0 Å². The van der Waals surface area contributed by atoms with Crippen LogP contribution in [0.2, 0.25) is 0 Å². The van der Waals surface area contributed by atoms with Crippen LogP contribution in [0.15, 0.2) is 22.6 Å². The molecule has 5 heteroatoms. The van der Waals surface area contributed by atoms with E-state index in [4.69, 9.17) is 4.42 Å². The van der Waals surface area contributed by atoms with E-state index < -0.39 is 5.92 Å². The highest BCUT2D eigenvalue weighted by Gasteiger charge is 2.32. The van der Waals surface area contributed by atoms with Crippen molar-refractivity contribution in [2.75, 3.05) is 0 Å². The van der Waals surface area contributed by atoms with Crippen LogP contribution in [0.3, 0.4) is 0 Å². The first-order chi connectivity index (χ1) is 9.84. The molecule has 2 aromatic rings. The zero-order valence-electron chi connectivity index (χ0n) is 12.4. The minimum atomic E-state index is -0.479. The third-order valence-electron chi connectivity index (χ3n) is 3.81. The predicted molar refractivity (Wildman–Crippen MR) is 77.8 cm³/mol. The molecule has 1 saturated heterocycles. The molecule has 5 nitrogen and oxygen atoms in total. The lowest BCUT2D eigenvalue weighted by Gasteiger charge is -2.18. The van der Waals surface area contributed by atoms with Gasteiger partial charge in [-0.05, 0) is 29.5 Å². The van der Waals surface area contributed by atoms with Crippen LogP contribution >= 0.6 is 0 Å². The Labute approximate surface area is 122 Å². The molecule has 1 aromatic carbocycles. The van der Waals surface area contributed by atoms with Crippen LogP contribution in [0, 0.1) is 0 Å². The lowest BCUT2D eigenvalue weighted by molar-refractivity contribution is -0.134. The lowest BCUT2D eigenvalue weighted by atomic mass is 9.87. The number of carbonyl (C=O) groups excluding carboxylic acids is 2. The molecule has 0 radical (unpaired) electrons. The van der Waals surface area contributed by atoms with Crippen LogP contribution < -0.4 is 5.32 Å². The highest BCUT2D eigenvalue weighted by molar-refractivity contribution is 6.00. The van der Waals surface area contributed by atoms with E-state index in [-0.39, 0.29) is 17.2 Å². The number of piperidine rings is 1. The Balaban J connectivity index is 1.98. The Hall–Kier alpha value is -2.17. The number of nitrogens with one attached hydrogen (secondary N) is 1. The number of amides is 2. The van der Waals surface area contributed by atoms with Gasteiger partial charge >= 0.3 is 0 Å². The van der Waals surface area contributed by atoms with Crippen molar-refractivity contribution in [1.29, 1.82) is 0 Å². The van der Waals surface area contributed by atoms with Crippen molar-refractivity contribution in [2.24, 2.45) is 0 Å². The molecule has 1 aliphatic heterocycles. The van der Waals surface area contributed by atoms with Crippen molar-refractivity contribution in [3.05, 3.63) is 29.7 Å². The maximum Gasteiger partial charge on any atom is 0.239 e. The highest BCUT2D eigenvalue weighted by Crippen LogP contribution is 2.30. The van der Waals surface area contributed by atoms with Gasteiger partial charge in [0.2, 0.25) is 17.7 Å². The number of oxazole rings is 1. The van der Waals surface area contributed by atoms with Crippen LogP contribution in [0.1, 0.15) is 51.0 Å². The molecule has 110 valence electrons. The first-order valence-electron chi connectivity index (χ1n) is 7.09. The minimum absolute atomic E-state index is 0.0236. The fourth-order valence-electron chi connectivity index (χ4n) is 2.49. The van der Waals surface area contributed by atoms with Gasteiger partial charge < -0.3 is 4.42 Å². The summed E-state index contributed by atoms with van der Waals surface area (Å²) in [5.41, 5.74) is 2.60. The SMILES string of the molecule is CC(C)(C)c1ccc2nc(C3CCC(=O)NC3=O)oc2c1. The number of fused-ring (bicyclic) bond motifs is 1. The first-order valence-corrected chi connectivity index (χ1v) is 7.09. The Morgan fingerprint density at radius 1 is 1.29 bits per heavy atom. The van der Waals surface area contributed by atoms with E-state index in [1.165, 1.54) is 0 Å². The number of aromatic nitrogens is 1. The maximum absolute atomic E-state index is 11.9. The fourth-order valence-corrected chi connectivity index (χ4v) is 2.49. The monoisotopic (exact) mass is 286 g/mol. The normalized spacial score (nSPS) is 19.9. The summed E-state index contributed by atoms with van der Waals surface area (Å²) in [5.74, 6) is -0.648. The third kappa shape index (κ3) is 2.55. The van der Waals surface area contributed by atoms with Gasteiger partial charge in [-0.3, -0.25) is 14.9 Å². The summed E-state index contributed by atoms with van der Waals surface area (Å²) in [7, 11) is 0. The molecule has 0 bridgehead atoms. The number of rotatable bonds is 1. The van der Waals surface area contributed by atoms with Gasteiger partial charge in [-0.1, -0.05) is 26.8 Å². The van der Waals surface area contributed by atoms with Crippen molar-refractivity contribution >= 4 is 22.9 Å². The summed E-state index contributed by atoms with van der Waals surface area (Å²) in [6, 6.07) is 5.91. The van der Waals surface area contributed by atoms with Gasteiger partial charge in [0, 0.05) is 6.42 Å². The number of carbonyl (C=O) groups is 2. The Morgan fingerprint density at radius 2 is 2.05 bits per heavy atom. The van der Waals surface area contributed by atoms with E-state index in [0.29, 0.717) is 24.3 Å². The molecule has 0 aliphatic carbocycles. The van der Waals surface area contributed by atoms with E-state index in [2.05, 4.69) is 31.1 Å². The highest BCUT2D eigenvalue weighted by atomic mass is 16.3. The van der Waals surface area contributed by atoms with Gasteiger partial charge in [0.05, 0.1) is 0 Å². The second kappa shape index (κ2) is 4.69. The maximum atomic E-state index is 11.9. The lowest BCUT2D eigenvalue weighted by Crippen LogP contribution is -2.39. The summed E-state index contributed by atoms with van der Waals surface area (Å²) in [6.45, 7) is 6.39. The summed E-state index contributed by atoms with van der Waals surface area (Å²) in [5, 5.41) is 2.33. The largest absolute Gasteiger partial charge is 0.440 e. The van der Waals surface area contributed by atoms with Crippen molar-refractivity contribution in [1.82, 2.24) is 10.3 Å². The van der Waals surface area contributed by atoms with Gasteiger partial charge in [0.25, 0.3) is 0 Å². The standard InChI is InChI=1S/C16H18N2O3/c1-16(2,3)9-4-6-11-12(8-9)21-15(17-11)10-5-7-13(19)18-14(10)20/h4,6,8,10H,5,7H2,1-3H3,(H,18,19,20). The average Bonchev–Trinajstić information content (AvgIpc) is 2.79. The topological polar surface area (TPSA) is 72.2 Å². The zero-order chi connectivity index (χ0) is 15.2. The van der Waals surface area contributed by atoms with E-state index in [1.807, 2.05) is 18.2 Å². The predicted octanol–water partition coefficient (Wildman–Crippen LogP) is 2.65. The Morgan fingerprint density at radius 3 is 2.71 bits per heavy atom. The van der Waals surface area contributed by atoms with Crippen LogP contribution in [0.5, 0.6) is 0 Å². The molecule has 3 rings (SSSR count). The molecule has 0 saturated carbocycles. The van der Waals surface area contributed by atoms with Crippen molar-refractivity contribution in [3.8, 4) is 0 Å². The number of benzene rings is 1. The van der Waals surface area contributed by atoms with Crippen molar-refractivity contribution < 1.29 is 14.0 Å². The molecule has 21 heavy (non-hydrogen) atoms. The summed E-state index contributed by atoms with van der Waals surface area (Å²) in [4.78, 5) is 27.5. The second-order valence-electron chi connectivity index (χ2n) is 6.49. The van der Waals surface area contributed by atoms with Crippen LogP contribution in [-0.4, -0.2) is 16.8 Å². The van der Waals surface area contributed by atoms with Crippen LogP contribution in [0.25, 0.3) is 11.1 Å². The summed E-state index contributed by atoms with van der Waals surface area (Å²) < 4.78 is 5.77. The second-order valence-corrected chi connectivity index (χ2v) is 6.49. The van der Waals surface area contributed by atoms with Crippen molar-refractivity contribution in [3.63, 3.8) is 0 Å². The summed E-state index contributed by atoms with van der Waals surface area (Å²) >= 11 is 0. The number of hydrogen-bond donors (Lipinski definition) is 1. The van der Waals surface area contributed by atoms with Gasteiger partial charge in [-0.15, -0.1) is 0 Å². The zero-order valence-corrected chi connectivity index (χ0v) is 12.4. The molecular weight excluding hydrogens is 268 g/mol. The minimum Gasteiger partial charge on any atom is -0.440 e. The van der Waals surface area contributed by atoms with E-state index in [0.717, 1.165) is 11.1 Å². The molecule has 0 spiro atoms. The summed E-state index contributed by atoms with van der Waals surface area (Å²) in [6.07, 6.45) is 0.770. The van der Waals surface area contributed by atoms with Gasteiger partial charge in [-0.25, -0.2) is 4.98 Å². The quantitative estimate of drug-likeness (QED) is 0.818. The number of hydrogen-bond acceptors (Lipinski definition) is 4. The van der Waals surface area contributed by atoms with E-state index in [9.17, 15) is 9.59 Å². The molecule has 1 fully saturated rings. The van der Waals surface area contributed by atoms with E-state index in [1.54, 1.807) is 0 Å². The molecule has 1 N–H and O–H groups in total. The number of nitrogens with zero attached hydrogens (tertiary/aromatic N) is 1. The molecule has 1 unspecified atom stereocenters. The average molecular weight is 286 g/mol. The third-order valence-corrected chi connectivity index (χ3v) is 3.81. The molecule has 2 amide bonds. The number of imide groups is 1. The molecule has 1 aliphatic rings. The Kier molecular flexibility index (Phi) is 3.08. The van der Waals surface area contributed by atoms with Crippen LogP contribution in [-0.2, 0) is 15.0 Å². The van der Waals surface area contributed by atoms with Gasteiger partial charge in [0.1, 0.15) is 11.4 Å². The van der Waals surface area contributed by atoms with E-state index >= 15 is 0 Å². The Bertz CT molecular complexity index is 725. The van der Waals surface area contributed by atoms with Gasteiger partial charge in [0.15, 0.2) is 5.58 Å². The fraction of sp³-hybridized carbons (Fsp3) is 0.438. The molecule has 1 aromatic heterocycles. The first kappa shape index (κ1) is 13.8. The molecular formula is C16H18N2O3. The van der Waals surface area contributed by atoms with Crippen molar-refractivity contribution in [2.45, 2.75) is 44.9 Å². The smallest absolute Gasteiger partial charge is 0.239 e.